The van der Waals surface area contributed by atoms with Crippen LogP contribution >= 0.6 is 11.6 Å². The second-order valence-electron chi connectivity index (χ2n) is 5.64. The van der Waals surface area contributed by atoms with Crippen LogP contribution in [0.4, 0.5) is 4.39 Å². The summed E-state index contributed by atoms with van der Waals surface area (Å²) < 4.78 is 25.0. The standard InChI is InChI=1S/C20H15ClFN3O3/c1-3-28-20(26)18-15(11-23)19(12-4-7-14(27-2)8-5-12)25(24-18)17-9-6-13(22)10-16(17)21/h4-10H,3H2,1-2H3. The molecule has 28 heavy (non-hydrogen) atoms. The van der Waals surface area contributed by atoms with Gasteiger partial charge >= 0.3 is 5.97 Å². The number of hydrogen-bond donors (Lipinski definition) is 0. The second-order valence-corrected chi connectivity index (χ2v) is 6.05. The van der Waals surface area contributed by atoms with Gasteiger partial charge in [0.15, 0.2) is 5.69 Å². The highest BCUT2D eigenvalue weighted by Gasteiger charge is 2.26. The van der Waals surface area contributed by atoms with Crippen molar-refractivity contribution in [1.29, 1.82) is 5.26 Å². The largest absolute Gasteiger partial charge is 0.497 e. The Kier molecular flexibility index (Phi) is 5.62. The second kappa shape index (κ2) is 8.11. The Hall–Kier alpha value is -3.37. The quantitative estimate of drug-likeness (QED) is 0.595. The van der Waals surface area contributed by atoms with Gasteiger partial charge in [-0.15, -0.1) is 0 Å². The van der Waals surface area contributed by atoms with Gasteiger partial charge < -0.3 is 9.47 Å². The molecule has 2 aromatic carbocycles. The van der Waals surface area contributed by atoms with Crippen molar-refractivity contribution in [3.63, 3.8) is 0 Å². The molecule has 0 unspecified atom stereocenters. The van der Waals surface area contributed by atoms with Gasteiger partial charge in [0.25, 0.3) is 0 Å². The Bertz CT molecular complexity index is 1070. The maximum Gasteiger partial charge on any atom is 0.360 e. The Morgan fingerprint density at radius 2 is 2.00 bits per heavy atom. The summed E-state index contributed by atoms with van der Waals surface area (Å²) in [5.41, 5.74) is 1.14. The molecule has 0 aliphatic heterocycles. The van der Waals surface area contributed by atoms with Crippen molar-refractivity contribution in [2.45, 2.75) is 6.92 Å². The lowest BCUT2D eigenvalue weighted by molar-refractivity contribution is 0.0518. The first kappa shape index (κ1) is 19.4. The first-order valence-corrected chi connectivity index (χ1v) is 8.68. The predicted molar refractivity (Wildman–Crippen MR) is 101 cm³/mol. The van der Waals surface area contributed by atoms with E-state index >= 15 is 0 Å². The lowest BCUT2D eigenvalue weighted by Gasteiger charge is -2.10. The third kappa shape index (κ3) is 3.55. The minimum Gasteiger partial charge on any atom is -0.497 e. The zero-order chi connectivity index (χ0) is 20.3. The van der Waals surface area contributed by atoms with E-state index in [-0.39, 0.29) is 22.9 Å². The van der Waals surface area contributed by atoms with E-state index in [1.807, 2.05) is 6.07 Å². The van der Waals surface area contributed by atoms with Crippen molar-refractivity contribution >= 4 is 17.6 Å². The maximum absolute atomic E-state index is 13.5. The summed E-state index contributed by atoms with van der Waals surface area (Å²) in [5.74, 6) is -0.623. The van der Waals surface area contributed by atoms with E-state index in [2.05, 4.69) is 5.10 Å². The lowest BCUT2D eigenvalue weighted by Crippen LogP contribution is -2.08. The van der Waals surface area contributed by atoms with Gasteiger partial charge in [-0.1, -0.05) is 11.6 Å². The summed E-state index contributed by atoms with van der Waals surface area (Å²) in [6, 6.07) is 12.7. The maximum atomic E-state index is 13.5. The molecule has 1 heterocycles. The molecule has 0 aliphatic rings. The van der Waals surface area contributed by atoms with Crippen molar-refractivity contribution < 1.29 is 18.7 Å². The van der Waals surface area contributed by atoms with Gasteiger partial charge in [-0.25, -0.2) is 13.9 Å². The number of nitrogens with zero attached hydrogens (tertiary/aromatic N) is 3. The predicted octanol–water partition coefficient (Wildman–Crippen LogP) is 4.39. The molecular weight excluding hydrogens is 385 g/mol. The lowest BCUT2D eigenvalue weighted by atomic mass is 10.1. The van der Waals surface area contributed by atoms with Gasteiger partial charge in [-0.05, 0) is 49.4 Å². The number of halogens is 2. The number of aromatic nitrogens is 2. The zero-order valence-electron chi connectivity index (χ0n) is 15.1. The van der Waals surface area contributed by atoms with E-state index in [1.165, 1.54) is 23.9 Å². The summed E-state index contributed by atoms with van der Waals surface area (Å²) in [6.07, 6.45) is 0. The molecule has 0 saturated carbocycles. The summed E-state index contributed by atoms with van der Waals surface area (Å²) in [5, 5.41) is 14.1. The number of benzene rings is 2. The highest BCUT2D eigenvalue weighted by atomic mass is 35.5. The summed E-state index contributed by atoms with van der Waals surface area (Å²) in [7, 11) is 1.54. The number of carbonyl (C=O) groups is 1. The fraction of sp³-hybridized carbons (Fsp3) is 0.150. The van der Waals surface area contributed by atoms with E-state index in [4.69, 9.17) is 21.1 Å². The van der Waals surface area contributed by atoms with Crippen molar-refractivity contribution in [3.8, 4) is 28.8 Å². The molecule has 3 rings (SSSR count). The molecule has 0 amide bonds. The molecule has 0 atom stereocenters. The van der Waals surface area contributed by atoms with Crippen molar-refractivity contribution in [2.24, 2.45) is 0 Å². The van der Waals surface area contributed by atoms with E-state index < -0.39 is 11.8 Å². The third-order valence-corrected chi connectivity index (χ3v) is 4.27. The van der Waals surface area contributed by atoms with Crippen LogP contribution < -0.4 is 4.74 Å². The molecular formula is C20H15ClFN3O3. The molecule has 0 spiro atoms. The van der Waals surface area contributed by atoms with Crippen LogP contribution in [0.25, 0.3) is 16.9 Å². The molecule has 0 bridgehead atoms. The molecule has 0 radical (unpaired) electrons. The molecule has 0 saturated heterocycles. The average molecular weight is 400 g/mol. The van der Waals surface area contributed by atoms with Crippen LogP contribution in [0, 0.1) is 17.1 Å². The summed E-state index contributed by atoms with van der Waals surface area (Å²) in [6.45, 7) is 1.79. The monoisotopic (exact) mass is 399 g/mol. The smallest absolute Gasteiger partial charge is 0.360 e. The first-order chi connectivity index (χ1) is 13.5. The van der Waals surface area contributed by atoms with Crippen LogP contribution in [-0.4, -0.2) is 29.5 Å². The molecule has 142 valence electrons. The molecule has 1 aromatic heterocycles. The number of hydrogen-bond acceptors (Lipinski definition) is 5. The Morgan fingerprint density at radius 1 is 1.29 bits per heavy atom. The van der Waals surface area contributed by atoms with Gasteiger partial charge in [-0.2, -0.15) is 10.4 Å². The highest BCUT2D eigenvalue weighted by molar-refractivity contribution is 6.32. The van der Waals surface area contributed by atoms with Gasteiger partial charge in [0.2, 0.25) is 0 Å². The topological polar surface area (TPSA) is 77.1 Å². The van der Waals surface area contributed by atoms with Crippen LogP contribution in [-0.2, 0) is 4.74 Å². The Balaban J connectivity index is 2.30. The van der Waals surface area contributed by atoms with Gasteiger partial charge in [0.1, 0.15) is 23.2 Å². The van der Waals surface area contributed by atoms with Crippen LogP contribution in [0.3, 0.4) is 0 Å². The molecule has 0 N–H and O–H groups in total. The molecule has 3 aromatic rings. The minimum atomic E-state index is -0.731. The van der Waals surface area contributed by atoms with Crippen LogP contribution in [0.2, 0.25) is 5.02 Å². The summed E-state index contributed by atoms with van der Waals surface area (Å²) >= 11 is 6.20. The van der Waals surface area contributed by atoms with Crippen molar-refractivity contribution in [3.05, 3.63) is 64.6 Å². The number of ether oxygens (including phenoxy) is 2. The van der Waals surface area contributed by atoms with Gasteiger partial charge in [0, 0.05) is 5.56 Å². The van der Waals surface area contributed by atoms with E-state index in [0.29, 0.717) is 22.7 Å². The number of esters is 1. The first-order valence-electron chi connectivity index (χ1n) is 8.30. The van der Waals surface area contributed by atoms with Gasteiger partial charge in [-0.3, -0.25) is 0 Å². The van der Waals surface area contributed by atoms with E-state index in [0.717, 1.165) is 6.07 Å². The fourth-order valence-corrected chi connectivity index (χ4v) is 2.96. The normalized spacial score (nSPS) is 10.4. The molecule has 8 heteroatoms. The fourth-order valence-electron chi connectivity index (χ4n) is 2.71. The van der Waals surface area contributed by atoms with Gasteiger partial charge in [0.05, 0.1) is 30.1 Å². The molecule has 6 nitrogen and oxygen atoms in total. The SMILES string of the molecule is CCOC(=O)c1nn(-c2ccc(F)cc2Cl)c(-c2ccc(OC)cc2)c1C#N. The third-order valence-electron chi connectivity index (χ3n) is 3.97. The summed E-state index contributed by atoms with van der Waals surface area (Å²) in [4.78, 5) is 12.3. The van der Waals surface area contributed by atoms with Crippen LogP contribution in [0.5, 0.6) is 5.75 Å². The number of carbonyl (C=O) groups excluding carboxylic acids is 1. The van der Waals surface area contributed by atoms with Crippen molar-refractivity contribution in [1.82, 2.24) is 9.78 Å². The minimum absolute atomic E-state index is 0.0315. The Labute approximate surface area is 165 Å². The van der Waals surface area contributed by atoms with E-state index in [9.17, 15) is 14.4 Å². The average Bonchev–Trinajstić information content (AvgIpc) is 3.07. The van der Waals surface area contributed by atoms with Crippen molar-refractivity contribution in [2.75, 3.05) is 13.7 Å². The number of methoxy groups -OCH3 is 1. The molecule has 0 aliphatic carbocycles. The van der Waals surface area contributed by atoms with Crippen LogP contribution in [0.15, 0.2) is 42.5 Å². The molecule has 0 fully saturated rings. The van der Waals surface area contributed by atoms with E-state index in [1.54, 1.807) is 31.2 Å². The number of rotatable bonds is 5. The number of nitriles is 1. The highest BCUT2D eigenvalue weighted by Crippen LogP contribution is 2.33. The Morgan fingerprint density at radius 3 is 2.57 bits per heavy atom. The zero-order valence-corrected chi connectivity index (χ0v) is 15.8. The van der Waals surface area contributed by atoms with Crippen LogP contribution in [0.1, 0.15) is 23.0 Å².